The van der Waals surface area contributed by atoms with E-state index in [1.807, 2.05) is 0 Å². The average molecular weight is 250 g/mol. The molecule has 0 N–H and O–H groups in total. The second-order valence-corrected chi connectivity index (χ2v) is 4.11. The van der Waals surface area contributed by atoms with Crippen LogP contribution in [-0.4, -0.2) is 11.5 Å². The fraction of sp³-hybridized carbons (Fsp3) is 0.300. The van der Waals surface area contributed by atoms with Crippen molar-refractivity contribution in [3.63, 3.8) is 0 Å². The molecule has 0 saturated carbocycles. The molecule has 0 aliphatic heterocycles. The summed E-state index contributed by atoms with van der Waals surface area (Å²) in [7, 11) is 0. The summed E-state index contributed by atoms with van der Waals surface area (Å²) in [6.45, 7) is 1.23. The van der Waals surface area contributed by atoms with Gasteiger partial charge in [0.1, 0.15) is 6.61 Å². The summed E-state index contributed by atoms with van der Waals surface area (Å²) in [5.41, 5.74) is -3.77. The Hall–Kier alpha value is -1.17. The Labute approximate surface area is 94.8 Å². The molecule has 0 unspecified atom stereocenters. The number of rotatable bonds is 3. The molecule has 0 spiro atoms. The molecule has 88 valence electrons. The minimum atomic E-state index is -4.31. The molecular weight excluding hydrogens is 241 g/mol. The number of hydrogen-bond donors (Lipinski definition) is 0. The number of carbonyl (C=O) groups is 1. The first-order chi connectivity index (χ1) is 7.37. The molecule has 2 nitrogen and oxygen atoms in total. The van der Waals surface area contributed by atoms with Crippen molar-refractivity contribution in [1.82, 2.24) is 0 Å². The van der Waals surface area contributed by atoms with Gasteiger partial charge in [0.15, 0.2) is 0 Å². The SMILES string of the molecule is CC(=O)OCc1cccc(SC(F)(F)F)c1. The first kappa shape index (κ1) is 12.9. The lowest BCUT2D eigenvalue weighted by Crippen LogP contribution is -2.01. The van der Waals surface area contributed by atoms with Crippen LogP contribution < -0.4 is 0 Å². The van der Waals surface area contributed by atoms with E-state index in [1.54, 1.807) is 6.07 Å². The van der Waals surface area contributed by atoms with E-state index in [-0.39, 0.29) is 23.3 Å². The Morgan fingerprint density at radius 2 is 2.12 bits per heavy atom. The van der Waals surface area contributed by atoms with Crippen molar-refractivity contribution in [3.05, 3.63) is 29.8 Å². The summed E-state index contributed by atoms with van der Waals surface area (Å²) >= 11 is -0.191. The fourth-order valence-electron chi connectivity index (χ4n) is 1.02. The first-order valence-electron chi connectivity index (χ1n) is 4.35. The van der Waals surface area contributed by atoms with Crippen LogP contribution in [0.5, 0.6) is 0 Å². The Bertz CT molecular complexity index is 377. The lowest BCUT2D eigenvalue weighted by Gasteiger charge is -2.07. The highest BCUT2D eigenvalue weighted by Crippen LogP contribution is 2.36. The van der Waals surface area contributed by atoms with E-state index >= 15 is 0 Å². The molecule has 0 heterocycles. The second kappa shape index (κ2) is 5.25. The smallest absolute Gasteiger partial charge is 0.446 e. The van der Waals surface area contributed by atoms with E-state index in [0.717, 1.165) is 0 Å². The first-order valence-corrected chi connectivity index (χ1v) is 5.16. The van der Waals surface area contributed by atoms with Crippen LogP contribution in [0.15, 0.2) is 29.2 Å². The number of alkyl halides is 3. The second-order valence-electron chi connectivity index (χ2n) is 2.98. The van der Waals surface area contributed by atoms with Crippen molar-refractivity contribution in [2.24, 2.45) is 0 Å². The third-order valence-corrected chi connectivity index (χ3v) is 2.30. The van der Waals surface area contributed by atoms with Crippen LogP contribution in [0.4, 0.5) is 13.2 Å². The van der Waals surface area contributed by atoms with Crippen LogP contribution in [0.25, 0.3) is 0 Å². The van der Waals surface area contributed by atoms with Crippen molar-refractivity contribution in [2.75, 3.05) is 0 Å². The molecule has 0 fully saturated rings. The van der Waals surface area contributed by atoms with Gasteiger partial charge in [0.05, 0.1) is 0 Å². The van der Waals surface area contributed by atoms with Crippen molar-refractivity contribution >= 4 is 17.7 Å². The van der Waals surface area contributed by atoms with Crippen LogP contribution >= 0.6 is 11.8 Å². The van der Waals surface area contributed by atoms with Gasteiger partial charge in [0.25, 0.3) is 0 Å². The van der Waals surface area contributed by atoms with Gasteiger partial charge in [-0.15, -0.1) is 0 Å². The van der Waals surface area contributed by atoms with Gasteiger partial charge < -0.3 is 4.74 Å². The molecular formula is C10H9F3O2S. The maximum atomic E-state index is 12.1. The highest BCUT2D eigenvalue weighted by molar-refractivity contribution is 8.00. The van der Waals surface area contributed by atoms with Gasteiger partial charge in [-0.25, -0.2) is 0 Å². The summed E-state index contributed by atoms with van der Waals surface area (Å²) in [5, 5.41) is 0. The van der Waals surface area contributed by atoms with Gasteiger partial charge >= 0.3 is 11.5 Å². The molecule has 0 bridgehead atoms. The largest absolute Gasteiger partial charge is 0.461 e. The summed E-state index contributed by atoms with van der Waals surface area (Å²) in [4.78, 5) is 10.6. The number of hydrogen-bond acceptors (Lipinski definition) is 3. The summed E-state index contributed by atoms with van der Waals surface area (Å²) in [5.74, 6) is -0.464. The van der Waals surface area contributed by atoms with Gasteiger partial charge in [-0.3, -0.25) is 4.79 Å². The van der Waals surface area contributed by atoms with Gasteiger partial charge in [-0.05, 0) is 29.5 Å². The number of halogens is 3. The van der Waals surface area contributed by atoms with E-state index in [0.29, 0.717) is 5.56 Å². The minimum Gasteiger partial charge on any atom is -0.461 e. The van der Waals surface area contributed by atoms with Crippen molar-refractivity contribution in [2.45, 2.75) is 23.9 Å². The molecule has 1 aromatic carbocycles. The van der Waals surface area contributed by atoms with Crippen LogP contribution in [0.1, 0.15) is 12.5 Å². The number of benzene rings is 1. The Morgan fingerprint density at radius 1 is 1.44 bits per heavy atom. The molecule has 0 aromatic heterocycles. The van der Waals surface area contributed by atoms with Crippen molar-refractivity contribution in [1.29, 1.82) is 0 Å². The highest BCUT2D eigenvalue weighted by atomic mass is 32.2. The zero-order valence-electron chi connectivity index (χ0n) is 8.38. The van der Waals surface area contributed by atoms with Crippen LogP contribution in [0.3, 0.4) is 0 Å². The minimum absolute atomic E-state index is 0.0123. The maximum absolute atomic E-state index is 12.1. The molecule has 0 atom stereocenters. The molecule has 0 saturated heterocycles. The molecule has 0 aliphatic rings. The van der Waals surface area contributed by atoms with E-state index in [4.69, 9.17) is 0 Å². The number of carbonyl (C=O) groups excluding carboxylic acids is 1. The third-order valence-electron chi connectivity index (χ3n) is 1.57. The lowest BCUT2D eigenvalue weighted by atomic mass is 10.2. The predicted molar refractivity (Wildman–Crippen MR) is 53.8 cm³/mol. The van der Waals surface area contributed by atoms with Crippen LogP contribution in [0.2, 0.25) is 0 Å². The quantitative estimate of drug-likeness (QED) is 0.607. The van der Waals surface area contributed by atoms with Gasteiger partial charge in [-0.2, -0.15) is 13.2 Å². The number of thioether (sulfide) groups is 1. The zero-order chi connectivity index (χ0) is 12.2. The molecule has 0 aliphatic carbocycles. The average Bonchev–Trinajstić information content (AvgIpc) is 2.12. The van der Waals surface area contributed by atoms with Crippen LogP contribution in [-0.2, 0) is 16.1 Å². The molecule has 0 amide bonds. The molecule has 1 aromatic rings. The van der Waals surface area contributed by atoms with Crippen LogP contribution in [0, 0.1) is 0 Å². The van der Waals surface area contributed by atoms with Crippen molar-refractivity contribution < 1.29 is 22.7 Å². The third kappa shape index (κ3) is 5.06. The zero-order valence-corrected chi connectivity index (χ0v) is 9.19. The predicted octanol–water partition coefficient (Wildman–Crippen LogP) is 3.36. The molecule has 0 radical (unpaired) electrons. The van der Waals surface area contributed by atoms with E-state index in [9.17, 15) is 18.0 Å². The van der Waals surface area contributed by atoms with Crippen molar-refractivity contribution in [3.8, 4) is 0 Å². The normalized spacial score (nSPS) is 11.2. The maximum Gasteiger partial charge on any atom is 0.446 e. The van der Waals surface area contributed by atoms with E-state index in [1.165, 1.54) is 25.1 Å². The van der Waals surface area contributed by atoms with Gasteiger partial charge in [0.2, 0.25) is 0 Å². The standard InChI is InChI=1S/C10H9F3O2S/c1-7(14)15-6-8-3-2-4-9(5-8)16-10(11,12)13/h2-5H,6H2,1H3. The summed E-state index contributed by atoms with van der Waals surface area (Å²) in [6.07, 6.45) is 0. The molecule has 16 heavy (non-hydrogen) atoms. The molecule has 6 heteroatoms. The number of esters is 1. The Morgan fingerprint density at radius 3 is 2.69 bits per heavy atom. The van der Waals surface area contributed by atoms with Gasteiger partial charge in [-0.1, -0.05) is 12.1 Å². The van der Waals surface area contributed by atoms with E-state index < -0.39 is 11.5 Å². The van der Waals surface area contributed by atoms with E-state index in [2.05, 4.69) is 4.74 Å². The topological polar surface area (TPSA) is 26.3 Å². The highest BCUT2D eigenvalue weighted by Gasteiger charge is 2.29. The molecule has 1 rings (SSSR count). The Kier molecular flexibility index (Phi) is 4.23. The Balaban J connectivity index is 2.67. The van der Waals surface area contributed by atoms with Gasteiger partial charge in [0, 0.05) is 11.8 Å². The monoisotopic (exact) mass is 250 g/mol. The lowest BCUT2D eigenvalue weighted by molar-refractivity contribution is -0.142. The fourth-order valence-corrected chi connectivity index (χ4v) is 1.64. The number of ether oxygens (including phenoxy) is 1. The summed E-state index contributed by atoms with van der Waals surface area (Å²) in [6, 6.07) is 5.80. The summed E-state index contributed by atoms with van der Waals surface area (Å²) < 4.78 is 40.9.